The smallest absolute Gasteiger partial charge is 0.258 e. The van der Waals surface area contributed by atoms with Gasteiger partial charge in [0.1, 0.15) is 28.7 Å². The van der Waals surface area contributed by atoms with Gasteiger partial charge in [0.15, 0.2) is 0 Å². The average molecular weight is 493 g/mol. The fourth-order valence-electron chi connectivity index (χ4n) is 4.61. The predicted molar refractivity (Wildman–Crippen MR) is 139 cm³/mol. The molecular weight excluding hydrogens is 460 g/mol. The molecule has 36 heavy (non-hydrogen) atoms. The van der Waals surface area contributed by atoms with E-state index in [2.05, 4.69) is 5.32 Å². The number of methoxy groups -OCH3 is 5. The van der Waals surface area contributed by atoms with E-state index in [4.69, 9.17) is 23.7 Å². The first-order chi connectivity index (χ1) is 17.4. The number of hydrogen-bond donors (Lipinski definition) is 1. The minimum atomic E-state index is -0.138. The van der Waals surface area contributed by atoms with Crippen LogP contribution in [0.4, 0.5) is 11.4 Å². The highest BCUT2D eigenvalue weighted by atomic mass is 16.5. The maximum Gasteiger partial charge on any atom is 0.258 e. The van der Waals surface area contributed by atoms with E-state index in [9.17, 15) is 4.79 Å². The average Bonchev–Trinajstić information content (AvgIpc) is 2.92. The summed E-state index contributed by atoms with van der Waals surface area (Å²) in [5, 5.41) is 3.61. The number of anilines is 2. The molecule has 0 radical (unpaired) electrons. The summed E-state index contributed by atoms with van der Waals surface area (Å²) in [5.41, 5.74) is 2.99. The highest BCUT2D eigenvalue weighted by Crippen LogP contribution is 2.48. The van der Waals surface area contributed by atoms with Gasteiger partial charge in [-0.25, -0.2) is 0 Å². The summed E-state index contributed by atoms with van der Waals surface area (Å²) in [4.78, 5) is 15.6. The van der Waals surface area contributed by atoms with Crippen LogP contribution in [0.15, 0.2) is 54.6 Å². The Bertz CT molecular complexity index is 1230. The molecule has 3 aromatic rings. The van der Waals surface area contributed by atoms with Crippen molar-refractivity contribution in [2.75, 3.05) is 45.8 Å². The molecule has 0 saturated heterocycles. The quantitative estimate of drug-likeness (QED) is 0.456. The monoisotopic (exact) mass is 492 g/mol. The summed E-state index contributed by atoms with van der Waals surface area (Å²) in [7, 11) is 8.05. The van der Waals surface area contributed by atoms with Gasteiger partial charge < -0.3 is 33.9 Å². The zero-order chi connectivity index (χ0) is 25.8. The molecule has 2 atom stereocenters. The Balaban J connectivity index is 1.79. The molecule has 1 heterocycles. The van der Waals surface area contributed by atoms with Crippen molar-refractivity contribution in [1.82, 2.24) is 0 Å². The van der Waals surface area contributed by atoms with Crippen molar-refractivity contribution in [3.8, 4) is 28.7 Å². The number of fused-ring (bicyclic) bond motifs is 1. The Morgan fingerprint density at radius 3 is 2.00 bits per heavy atom. The fraction of sp³-hybridized carbons (Fsp3) is 0.321. The Morgan fingerprint density at radius 1 is 0.778 bits per heavy atom. The molecule has 0 fully saturated rings. The van der Waals surface area contributed by atoms with E-state index >= 15 is 0 Å². The fourth-order valence-corrected chi connectivity index (χ4v) is 4.61. The van der Waals surface area contributed by atoms with Crippen molar-refractivity contribution in [1.29, 1.82) is 0 Å². The van der Waals surface area contributed by atoms with Gasteiger partial charge >= 0.3 is 0 Å². The molecule has 190 valence electrons. The number of rotatable bonds is 8. The van der Waals surface area contributed by atoms with Crippen LogP contribution in [-0.2, 0) is 0 Å². The van der Waals surface area contributed by atoms with Gasteiger partial charge in [0, 0.05) is 29.3 Å². The van der Waals surface area contributed by atoms with Crippen LogP contribution in [0, 0.1) is 0 Å². The molecule has 3 aromatic carbocycles. The van der Waals surface area contributed by atoms with Crippen molar-refractivity contribution in [3.63, 3.8) is 0 Å². The van der Waals surface area contributed by atoms with Crippen molar-refractivity contribution in [2.24, 2.45) is 0 Å². The molecule has 1 N–H and O–H groups in total. The van der Waals surface area contributed by atoms with Crippen LogP contribution in [-0.4, -0.2) is 47.5 Å². The number of carbonyl (C=O) groups is 1. The predicted octanol–water partition coefficient (Wildman–Crippen LogP) is 5.32. The van der Waals surface area contributed by atoms with E-state index in [0.717, 1.165) is 11.3 Å². The lowest BCUT2D eigenvalue weighted by Gasteiger charge is -2.41. The first-order valence-electron chi connectivity index (χ1n) is 11.7. The lowest BCUT2D eigenvalue weighted by molar-refractivity contribution is 0.0973. The van der Waals surface area contributed by atoms with Gasteiger partial charge in [0.25, 0.3) is 5.91 Å². The molecule has 0 bridgehead atoms. The topological polar surface area (TPSA) is 78.5 Å². The zero-order valence-electron chi connectivity index (χ0n) is 21.5. The molecule has 8 heteroatoms. The van der Waals surface area contributed by atoms with E-state index < -0.39 is 0 Å². The van der Waals surface area contributed by atoms with Crippen LogP contribution in [0.1, 0.15) is 35.3 Å². The Hall–Kier alpha value is -4.07. The van der Waals surface area contributed by atoms with Gasteiger partial charge in [-0.1, -0.05) is 0 Å². The number of nitrogens with one attached hydrogen (secondary N) is 1. The van der Waals surface area contributed by atoms with Crippen LogP contribution in [0.2, 0.25) is 0 Å². The second-order valence-corrected chi connectivity index (χ2v) is 8.52. The molecule has 8 nitrogen and oxygen atoms in total. The van der Waals surface area contributed by atoms with Crippen molar-refractivity contribution in [2.45, 2.75) is 25.4 Å². The molecule has 0 aliphatic carbocycles. The Kier molecular flexibility index (Phi) is 7.43. The van der Waals surface area contributed by atoms with Crippen LogP contribution in [0.5, 0.6) is 28.7 Å². The van der Waals surface area contributed by atoms with E-state index in [1.807, 2.05) is 31.2 Å². The molecule has 0 saturated carbocycles. The first-order valence-corrected chi connectivity index (χ1v) is 11.7. The number of hydrogen-bond acceptors (Lipinski definition) is 7. The minimum absolute atomic E-state index is 0.115. The van der Waals surface area contributed by atoms with Crippen LogP contribution in [0.25, 0.3) is 0 Å². The van der Waals surface area contributed by atoms with Crippen molar-refractivity contribution in [3.05, 3.63) is 65.7 Å². The van der Waals surface area contributed by atoms with Gasteiger partial charge in [-0.3, -0.25) is 4.79 Å². The normalized spacial score (nSPS) is 16.6. The van der Waals surface area contributed by atoms with Crippen LogP contribution >= 0.6 is 0 Å². The first kappa shape index (κ1) is 25.0. The summed E-state index contributed by atoms with van der Waals surface area (Å²) in [6, 6.07) is 16.2. The number of benzene rings is 3. The molecule has 1 aliphatic heterocycles. The van der Waals surface area contributed by atoms with Crippen LogP contribution in [0.3, 0.4) is 0 Å². The summed E-state index contributed by atoms with van der Waals surface area (Å²) in [6.07, 6.45) is 0.653. The molecule has 0 spiro atoms. The van der Waals surface area contributed by atoms with Gasteiger partial charge in [-0.15, -0.1) is 0 Å². The van der Waals surface area contributed by atoms with E-state index in [0.29, 0.717) is 46.4 Å². The molecule has 1 amide bonds. The highest BCUT2D eigenvalue weighted by Gasteiger charge is 2.37. The van der Waals surface area contributed by atoms with Crippen molar-refractivity contribution >= 4 is 17.3 Å². The third kappa shape index (κ3) is 4.71. The van der Waals surface area contributed by atoms with E-state index in [-0.39, 0.29) is 18.0 Å². The molecule has 1 aliphatic rings. The third-order valence-electron chi connectivity index (χ3n) is 6.46. The number of ether oxygens (including phenoxy) is 5. The summed E-state index contributed by atoms with van der Waals surface area (Å²) < 4.78 is 27.5. The molecule has 0 unspecified atom stereocenters. The largest absolute Gasteiger partial charge is 0.497 e. The third-order valence-corrected chi connectivity index (χ3v) is 6.46. The lowest BCUT2D eigenvalue weighted by Crippen LogP contribution is -2.44. The number of amides is 1. The minimum Gasteiger partial charge on any atom is -0.497 e. The molecule has 4 rings (SSSR count). The SMILES string of the molecule is COc1ccc(C(=O)N2c3c(OC)cc(OC)cc3[C@@H](Nc3ccc(OC)cc3OC)C[C@H]2C)cc1. The van der Waals surface area contributed by atoms with Crippen LogP contribution < -0.4 is 33.9 Å². The highest BCUT2D eigenvalue weighted by molar-refractivity contribution is 6.08. The Labute approximate surface area is 211 Å². The summed E-state index contributed by atoms with van der Waals surface area (Å²) >= 11 is 0. The summed E-state index contributed by atoms with van der Waals surface area (Å²) in [5.74, 6) is 3.15. The standard InChI is InChI=1S/C28H32N2O6/c1-17-13-24(29-23-12-11-20(33-3)15-25(23)35-5)22-14-21(34-4)16-26(36-6)27(22)30(17)28(31)18-7-9-19(32-2)10-8-18/h7-12,14-17,24,29H,13H2,1-6H3/t17-,24+/m1/s1. The number of carbonyl (C=O) groups excluding carboxylic acids is 1. The number of nitrogens with zero attached hydrogens (tertiary/aromatic N) is 1. The maximum absolute atomic E-state index is 13.8. The Morgan fingerprint density at radius 2 is 1.39 bits per heavy atom. The van der Waals surface area contributed by atoms with Gasteiger partial charge in [-0.2, -0.15) is 0 Å². The van der Waals surface area contributed by atoms with Crippen molar-refractivity contribution < 1.29 is 28.5 Å². The van der Waals surface area contributed by atoms with Gasteiger partial charge in [-0.05, 0) is 55.8 Å². The zero-order valence-corrected chi connectivity index (χ0v) is 21.5. The molecule has 0 aromatic heterocycles. The lowest BCUT2D eigenvalue weighted by atomic mass is 9.90. The summed E-state index contributed by atoms with van der Waals surface area (Å²) in [6.45, 7) is 2.04. The second-order valence-electron chi connectivity index (χ2n) is 8.52. The maximum atomic E-state index is 13.8. The van der Waals surface area contributed by atoms with Gasteiger partial charge in [0.2, 0.25) is 0 Å². The van der Waals surface area contributed by atoms with E-state index in [1.165, 1.54) is 0 Å². The second kappa shape index (κ2) is 10.7. The molecular formula is C28H32N2O6. The van der Waals surface area contributed by atoms with E-state index in [1.54, 1.807) is 70.8 Å². The van der Waals surface area contributed by atoms with Gasteiger partial charge in [0.05, 0.1) is 53.0 Å².